The molecule has 0 saturated carbocycles. The molecular formula is C13H16N2O2. The maximum atomic E-state index is 11.9. The Balaban J connectivity index is 2.58. The van der Waals surface area contributed by atoms with Crippen molar-refractivity contribution in [2.75, 3.05) is 20.2 Å². The van der Waals surface area contributed by atoms with Gasteiger partial charge < -0.3 is 20.7 Å². The number of nitrogens with two attached hydrogens (primary N) is 1. The van der Waals surface area contributed by atoms with Crippen LogP contribution in [0.5, 0.6) is 5.75 Å². The lowest BCUT2D eigenvalue weighted by Gasteiger charge is -2.23. The van der Waals surface area contributed by atoms with Crippen LogP contribution in [0.3, 0.4) is 0 Å². The van der Waals surface area contributed by atoms with Crippen LogP contribution in [-0.4, -0.2) is 20.2 Å². The fourth-order valence-electron chi connectivity index (χ4n) is 1.96. The molecule has 1 atom stereocenters. The third kappa shape index (κ3) is 2.24. The first-order valence-corrected chi connectivity index (χ1v) is 5.57. The molecule has 0 bridgehead atoms. The van der Waals surface area contributed by atoms with Crippen LogP contribution in [-0.2, 0) is 0 Å². The quantitative estimate of drug-likeness (QED) is 0.767. The largest absolute Gasteiger partial charge is 0.629 e. The number of methoxy groups -OCH3 is 1. The third-order valence-electron chi connectivity index (χ3n) is 2.78. The second-order valence-corrected chi connectivity index (χ2v) is 3.82. The number of hydrogen-bond donors (Lipinski definition) is 2. The molecule has 0 aliphatic heterocycles. The summed E-state index contributed by atoms with van der Waals surface area (Å²) in [6, 6.07) is 11.4. The van der Waals surface area contributed by atoms with Gasteiger partial charge in [-0.2, -0.15) is 0 Å². The van der Waals surface area contributed by atoms with Crippen LogP contribution in [0.25, 0.3) is 10.8 Å². The normalized spacial score (nSPS) is 12.6. The number of ether oxygens (including phenoxy) is 1. The lowest BCUT2D eigenvalue weighted by Crippen LogP contribution is -3.02. The molecule has 4 nitrogen and oxygen atoms in total. The molecule has 0 spiro atoms. The molecule has 0 saturated heterocycles. The van der Waals surface area contributed by atoms with E-state index >= 15 is 0 Å². The standard InChI is InChI=1S/C13H16N2O2/c1-17-13-7-6-12(15(16)9-8-14)10-4-2-3-5-11(10)13/h2-7,15H,8-9,14H2,1H3. The molecular weight excluding hydrogens is 216 g/mol. The molecule has 2 rings (SSSR count). The maximum Gasteiger partial charge on any atom is 0.139 e. The average molecular weight is 232 g/mol. The van der Waals surface area contributed by atoms with Gasteiger partial charge in [0, 0.05) is 23.4 Å². The van der Waals surface area contributed by atoms with Gasteiger partial charge in [-0.15, -0.1) is 0 Å². The summed E-state index contributed by atoms with van der Waals surface area (Å²) in [6.45, 7) is 0.746. The molecule has 90 valence electrons. The Morgan fingerprint density at radius 3 is 2.53 bits per heavy atom. The van der Waals surface area contributed by atoms with Crippen molar-refractivity contribution in [2.24, 2.45) is 5.73 Å². The molecule has 17 heavy (non-hydrogen) atoms. The summed E-state index contributed by atoms with van der Waals surface area (Å²) < 4.78 is 5.29. The van der Waals surface area contributed by atoms with Gasteiger partial charge >= 0.3 is 0 Å². The average Bonchev–Trinajstić information content (AvgIpc) is 2.37. The summed E-state index contributed by atoms with van der Waals surface area (Å²) in [6.07, 6.45) is 0. The lowest BCUT2D eigenvalue weighted by molar-refractivity contribution is -0.773. The zero-order valence-electron chi connectivity index (χ0n) is 9.77. The molecule has 0 fully saturated rings. The highest BCUT2D eigenvalue weighted by Crippen LogP contribution is 2.29. The van der Waals surface area contributed by atoms with Crippen molar-refractivity contribution in [3.63, 3.8) is 0 Å². The van der Waals surface area contributed by atoms with Gasteiger partial charge in [-0.1, -0.05) is 18.2 Å². The molecule has 0 aliphatic rings. The zero-order chi connectivity index (χ0) is 12.3. The van der Waals surface area contributed by atoms with Gasteiger partial charge in [-0.3, -0.25) is 0 Å². The molecule has 2 aromatic rings. The van der Waals surface area contributed by atoms with Crippen LogP contribution in [0.15, 0.2) is 36.4 Å². The predicted octanol–water partition coefficient (Wildman–Crippen LogP) is 0.821. The molecule has 2 aromatic carbocycles. The number of quaternary nitrogens is 1. The number of benzene rings is 2. The number of nitrogens with one attached hydrogen (secondary N) is 1. The van der Waals surface area contributed by atoms with Crippen LogP contribution >= 0.6 is 0 Å². The monoisotopic (exact) mass is 232 g/mol. The lowest BCUT2D eigenvalue weighted by atomic mass is 10.1. The topological polar surface area (TPSA) is 62.8 Å². The van der Waals surface area contributed by atoms with E-state index in [9.17, 15) is 5.21 Å². The second kappa shape index (κ2) is 5.14. The fourth-order valence-corrected chi connectivity index (χ4v) is 1.96. The number of fused-ring (bicyclic) bond motifs is 1. The molecule has 0 radical (unpaired) electrons. The Bertz CT molecular complexity index is 514. The van der Waals surface area contributed by atoms with Crippen molar-refractivity contribution in [3.8, 4) is 5.75 Å². The van der Waals surface area contributed by atoms with Gasteiger partial charge in [0.05, 0.1) is 13.7 Å². The Morgan fingerprint density at radius 2 is 1.88 bits per heavy atom. The van der Waals surface area contributed by atoms with E-state index in [-0.39, 0.29) is 5.06 Å². The third-order valence-corrected chi connectivity index (χ3v) is 2.78. The first kappa shape index (κ1) is 11.9. The van der Waals surface area contributed by atoms with Crippen LogP contribution in [0.4, 0.5) is 5.69 Å². The van der Waals surface area contributed by atoms with Crippen molar-refractivity contribution in [1.82, 2.24) is 0 Å². The summed E-state index contributed by atoms with van der Waals surface area (Å²) in [5.74, 6) is 0.782. The van der Waals surface area contributed by atoms with E-state index in [4.69, 9.17) is 10.5 Å². The molecule has 0 aliphatic carbocycles. The predicted molar refractivity (Wildman–Crippen MR) is 68.4 cm³/mol. The van der Waals surface area contributed by atoms with Crippen molar-refractivity contribution in [1.29, 1.82) is 0 Å². The first-order valence-electron chi connectivity index (χ1n) is 5.57. The minimum atomic E-state index is 0.0753. The Kier molecular flexibility index (Phi) is 3.58. The SMILES string of the molecule is COc1ccc([NH+]([O-])CCN)c2ccccc12. The van der Waals surface area contributed by atoms with Crippen LogP contribution in [0.2, 0.25) is 0 Å². The zero-order valence-corrected chi connectivity index (χ0v) is 9.77. The van der Waals surface area contributed by atoms with Crippen molar-refractivity contribution < 1.29 is 9.80 Å². The highest BCUT2D eigenvalue weighted by Gasteiger charge is 2.10. The molecule has 0 heterocycles. The van der Waals surface area contributed by atoms with Gasteiger partial charge in [-0.25, -0.2) is 0 Å². The molecule has 0 amide bonds. The molecule has 4 heteroatoms. The van der Waals surface area contributed by atoms with Gasteiger partial charge in [0.2, 0.25) is 0 Å². The van der Waals surface area contributed by atoms with E-state index in [0.29, 0.717) is 18.8 Å². The van der Waals surface area contributed by atoms with Crippen LogP contribution < -0.4 is 15.5 Å². The summed E-state index contributed by atoms with van der Waals surface area (Å²) >= 11 is 0. The van der Waals surface area contributed by atoms with E-state index in [0.717, 1.165) is 16.5 Å². The van der Waals surface area contributed by atoms with Gasteiger partial charge in [0.25, 0.3) is 0 Å². The minimum absolute atomic E-state index is 0.0753. The number of hydrogen-bond acceptors (Lipinski definition) is 3. The first-order chi connectivity index (χ1) is 8.27. The number of rotatable bonds is 4. The van der Waals surface area contributed by atoms with E-state index in [1.165, 1.54) is 0 Å². The smallest absolute Gasteiger partial charge is 0.139 e. The summed E-state index contributed by atoms with van der Waals surface area (Å²) in [5.41, 5.74) is 6.14. The van der Waals surface area contributed by atoms with Gasteiger partial charge in [-0.05, 0) is 12.1 Å². The maximum absolute atomic E-state index is 11.9. The van der Waals surface area contributed by atoms with Crippen molar-refractivity contribution >= 4 is 16.5 Å². The Hall–Kier alpha value is -1.62. The molecule has 3 N–H and O–H groups in total. The summed E-state index contributed by atoms with van der Waals surface area (Å²) in [4.78, 5) is 0. The number of hydroxylamine groups is 1. The van der Waals surface area contributed by atoms with Crippen molar-refractivity contribution in [3.05, 3.63) is 41.6 Å². The summed E-state index contributed by atoms with van der Waals surface area (Å²) in [7, 11) is 1.63. The van der Waals surface area contributed by atoms with Crippen LogP contribution in [0, 0.1) is 5.21 Å². The van der Waals surface area contributed by atoms with Crippen LogP contribution in [0.1, 0.15) is 0 Å². The molecule has 0 aromatic heterocycles. The summed E-state index contributed by atoms with van der Waals surface area (Å²) in [5, 5.41) is 13.9. The second-order valence-electron chi connectivity index (χ2n) is 3.82. The van der Waals surface area contributed by atoms with Gasteiger partial charge in [0.1, 0.15) is 11.4 Å². The van der Waals surface area contributed by atoms with E-state index in [2.05, 4.69) is 0 Å². The highest BCUT2D eigenvalue weighted by atomic mass is 16.5. The molecule has 1 unspecified atom stereocenters. The minimum Gasteiger partial charge on any atom is -0.629 e. The Labute approximate surface area is 100 Å². The Morgan fingerprint density at radius 1 is 1.18 bits per heavy atom. The van der Waals surface area contributed by atoms with Crippen molar-refractivity contribution in [2.45, 2.75) is 0 Å². The van der Waals surface area contributed by atoms with E-state index in [1.54, 1.807) is 13.2 Å². The fraction of sp³-hybridized carbons (Fsp3) is 0.231. The van der Waals surface area contributed by atoms with E-state index in [1.807, 2.05) is 30.3 Å². The highest BCUT2D eigenvalue weighted by molar-refractivity contribution is 5.95. The van der Waals surface area contributed by atoms with E-state index < -0.39 is 0 Å². The van der Waals surface area contributed by atoms with Gasteiger partial charge in [0.15, 0.2) is 0 Å².